The number of hydrogen-bond acceptors (Lipinski definition) is 3. The van der Waals surface area contributed by atoms with Gasteiger partial charge in [0.15, 0.2) is 0 Å². The molecule has 0 radical (unpaired) electrons. The summed E-state index contributed by atoms with van der Waals surface area (Å²) in [6.45, 7) is 0.927. The summed E-state index contributed by atoms with van der Waals surface area (Å²) in [5.41, 5.74) is -0.0697. The maximum atomic E-state index is 13.2. The Bertz CT molecular complexity index is 390. The van der Waals surface area contributed by atoms with Crippen LogP contribution in [-0.4, -0.2) is 30.3 Å². The number of rotatable bonds is 2. The number of ether oxygens (including phenoxy) is 1. The van der Waals surface area contributed by atoms with E-state index in [4.69, 9.17) is 9.84 Å². The molecular formula is C10H10FNO3. The highest BCUT2D eigenvalue weighted by Crippen LogP contribution is 2.15. The van der Waals surface area contributed by atoms with Gasteiger partial charge in [0, 0.05) is 6.07 Å². The van der Waals surface area contributed by atoms with E-state index in [1.54, 1.807) is 0 Å². The summed E-state index contributed by atoms with van der Waals surface area (Å²) < 4.78 is 18.1. The second-order valence-corrected chi connectivity index (χ2v) is 3.37. The van der Waals surface area contributed by atoms with E-state index in [0.717, 1.165) is 6.07 Å². The predicted molar refractivity (Wildman–Crippen MR) is 50.1 cm³/mol. The van der Waals surface area contributed by atoms with Gasteiger partial charge in [-0.05, 0) is 12.1 Å². The zero-order valence-corrected chi connectivity index (χ0v) is 7.87. The molecule has 4 nitrogen and oxygen atoms in total. The van der Waals surface area contributed by atoms with Gasteiger partial charge in [-0.25, -0.2) is 4.39 Å². The third kappa shape index (κ3) is 2.07. The standard InChI is InChI=1S/C10H10FNO3/c11-9-3-7(13)1-2-8(9)10(14)12-6-4-15-5-6/h1-3,6,13H,4-5H2,(H,12,14). The van der Waals surface area contributed by atoms with E-state index in [-0.39, 0.29) is 17.4 Å². The lowest BCUT2D eigenvalue weighted by Gasteiger charge is -2.26. The molecule has 1 heterocycles. The topological polar surface area (TPSA) is 58.6 Å². The Morgan fingerprint density at radius 1 is 1.53 bits per heavy atom. The monoisotopic (exact) mass is 211 g/mol. The normalized spacial score (nSPS) is 15.8. The average Bonchev–Trinajstić information content (AvgIpc) is 2.11. The quantitative estimate of drug-likeness (QED) is 0.755. The van der Waals surface area contributed by atoms with E-state index >= 15 is 0 Å². The Hall–Kier alpha value is -1.62. The maximum Gasteiger partial charge on any atom is 0.254 e. The van der Waals surface area contributed by atoms with E-state index in [1.807, 2.05) is 0 Å². The van der Waals surface area contributed by atoms with Gasteiger partial charge in [-0.3, -0.25) is 4.79 Å². The SMILES string of the molecule is O=C(NC1COC1)c1ccc(O)cc1F. The number of carbonyl (C=O) groups is 1. The largest absolute Gasteiger partial charge is 0.508 e. The molecule has 0 bridgehead atoms. The van der Waals surface area contributed by atoms with E-state index in [1.165, 1.54) is 12.1 Å². The first-order valence-corrected chi connectivity index (χ1v) is 4.54. The van der Waals surface area contributed by atoms with Crippen LogP contribution in [0.15, 0.2) is 18.2 Å². The third-order valence-electron chi connectivity index (χ3n) is 2.17. The fourth-order valence-electron chi connectivity index (χ4n) is 1.27. The van der Waals surface area contributed by atoms with Gasteiger partial charge in [0.1, 0.15) is 11.6 Å². The number of benzene rings is 1. The highest BCUT2D eigenvalue weighted by Gasteiger charge is 2.22. The van der Waals surface area contributed by atoms with Crippen molar-refractivity contribution < 1.29 is 19.0 Å². The van der Waals surface area contributed by atoms with E-state index < -0.39 is 11.7 Å². The smallest absolute Gasteiger partial charge is 0.254 e. The van der Waals surface area contributed by atoms with Crippen LogP contribution in [0.3, 0.4) is 0 Å². The van der Waals surface area contributed by atoms with Crippen LogP contribution in [0.1, 0.15) is 10.4 Å². The van der Waals surface area contributed by atoms with Crippen LogP contribution < -0.4 is 5.32 Å². The molecule has 1 aliphatic heterocycles. The lowest BCUT2D eigenvalue weighted by Crippen LogP contribution is -2.48. The summed E-state index contributed by atoms with van der Waals surface area (Å²) in [6, 6.07) is 3.40. The summed E-state index contributed by atoms with van der Waals surface area (Å²) in [5, 5.41) is 11.6. The van der Waals surface area contributed by atoms with Crippen molar-refractivity contribution >= 4 is 5.91 Å². The minimum atomic E-state index is -0.729. The molecule has 5 heteroatoms. The first-order valence-electron chi connectivity index (χ1n) is 4.54. The lowest BCUT2D eigenvalue weighted by molar-refractivity contribution is -0.00353. The molecule has 2 N–H and O–H groups in total. The number of phenols is 1. The number of nitrogens with one attached hydrogen (secondary N) is 1. The maximum absolute atomic E-state index is 13.2. The van der Waals surface area contributed by atoms with Crippen LogP contribution in [0.5, 0.6) is 5.75 Å². The average molecular weight is 211 g/mol. The molecule has 1 aliphatic rings. The molecule has 0 aliphatic carbocycles. The molecule has 1 aromatic carbocycles. The Kier molecular flexibility index (Phi) is 2.55. The fraction of sp³-hybridized carbons (Fsp3) is 0.300. The van der Waals surface area contributed by atoms with Crippen molar-refractivity contribution in [3.8, 4) is 5.75 Å². The predicted octanol–water partition coefficient (Wildman–Crippen LogP) is 0.660. The molecule has 1 saturated heterocycles. The summed E-state index contributed by atoms with van der Waals surface area (Å²) in [6.07, 6.45) is 0. The summed E-state index contributed by atoms with van der Waals surface area (Å²) in [5.74, 6) is -1.41. The Morgan fingerprint density at radius 3 is 2.80 bits per heavy atom. The van der Waals surface area contributed by atoms with Crippen molar-refractivity contribution in [2.75, 3.05) is 13.2 Å². The summed E-state index contributed by atoms with van der Waals surface area (Å²) >= 11 is 0. The number of hydrogen-bond donors (Lipinski definition) is 2. The van der Waals surface area contributed by atoms with Crippen molar-refractivity contribution in [2.24, 2.45) is 0 Å². The van der Waals surface area contributed by atoms with Gasteiger partial charge in [0.2, 0.25) is 0 Å². The van der Waals surface area contributed by atoms with Gasteiger partial charge in [0.05, 0.1) is 24.8 Å². The molecule has 80 valence electrons. The Balaban J connectivity index is 2.10. The first kappa shape index (κ1) is 9.92. The minimum Gasteiger partial charge on any atom is -0.508 e. The number of amides is 1. The minimum absolute atomic E-state index is 0.0364. The molecule has 15 heavy (non-hydrogen) atoms. The van der Waals surface area contributed by atoms with Gasteiger partial charge in [-0.2, -0.15) is 0 Å². The van der Waals surface area contributed by atoms with Gasteiger partial charge in [-0.1, -0.05) is 0 Å². The molecule has 0 atom stereocenters. The van der Waals surface area contributed by atoms with Crippen LogP contribution in [0.25, 0.3) is 0 Å². The Labute approximate surface area is 85.7 Å². The second kappa shape index (κ2) is 3.86. The molecule has 0 unspecified atom stereocenters. The molecule has 1 amide bonds. The summed E-state index contributed by atoms with van der Waals surface area (Å²) in [7, 11) is 0. The second-order valence-electron chi connectivity index (χ2n) is 3.37. The molecule has 1 aromatic rings. The molecule has 1 fully saturated rings. The van der Waals surface area contributed by atoms with Gasteiger partial charge in [-0.15, -0.1) is 0 Å². The van der Waals surface area contributed by atoms with Crippen molar-refractivity contribution in [3.63, 3.8) is 0 Å². The van der Waals surface area contributed by atoms with Crippen molar-refractivity contribution in [1.29, 1.82) is 0 Å². The third-order valence-corrected chi connectivity index (χ3v) is 2.17. The molecular weight excluding hydrogens is 201 g/mol. The van der Waals surface area contributed by atoms with E-state index in [2.05, 4.69) is 5.32 Å². The molecule has 0 aromatic heterocycles. The summed E-state index contributed by atoms with van der Waals surface area (Å²) in [4.78, 5) is 11.5. The fourth-order valence-corrected chi connectivity index (χ4v) is 1.27. The van der Waals surface area contributed by atoms with Crippen LogP contribution in [0.4, 0.5) is 4.39 Å². The van der Waals surface area contributed by atoms with Crippen molar-refractivity contribution in [1.82, 2.24) is 5.32 Å². The van der Waals surface area contributed by atoms with Crippen molar-refractivity contribution in [2.45, 2.75) is 6.04 Å². The van der Waals surface area contributed by atoms with Gasteiger partial charge < -0.3 is 15.2 Å². The zero-order chi connectivity index (χ0) is 10.8. The highest BCUT2D eigenvalue weighted by molar-refractivity contribution is 5.94. The van der Waals surface area contributed by atoms with Crippen LogP contribution in [0.2, 0.25) is 0 Å². The molecule has 2 rings (SSSR count). The van der Waals surface area contributed by atoms with Gasteiger partial charge >= 0.3 is 0 Å². The zero-order valence-electron chi connectivity index (χ0n) is 7.87. The number of aromatic hydroxyl groups is 1. The number of phenolic OH excluding ortho intramolecular Hbond substituents is 1. The number of halogens is 1. The highest BCUT2D eigenvalue weighted by atomic mass is 19.1. The van der Waals surface area contributed by atoms with Crippen molar-refractivity contribution in [3.05, 3.63) is 29.6 Å². The van der Waals surface area contributed by atoms with E-state index in [0.29, 0.717) is 13.2 Å². The number of carbonyl (C=O) groups excluding carboxylic acids is 1. The van der Waals surface area contributed by atoms with Crippen LogP contribution in [-0.2, 0) is 4.74 Å². The van der Waals surface area contributed by atoms with Gasteiger partial charge in [0.25, 0.3) is 5.91 Å². The molecule has 0 spiro atoms. The molecule has 0 saturated carbocycles. The van der Waals surface area contributed by atoms with Crippen LogP contribution in [0, 0.1) is 5.82 Å². The first-order chi connectivity index (χ1) is 7.16. The lowest BCUT2D eigenvalue weighted by atomic mass is 10.1. The van der Waals surface area contributed by atoms with Crippen LogP contribution >= 0.6 is 0 Å². The van der Waals surface area contributed by atoms with E-state index in [9.17, 15) is 9.18 Å². The Morgan fingerprint density at radius 2 is 2.27 bits per heavy atom.